The lowest BCUT2D eigenvalue weighted by Crippen LogP contribution is -1.87. The highest BCUT2D eigenvalue weighted by Crippen LogP contribution is 2.28. The SMILES string of the molecule is O=Cc1ccc(Cl)cc1-c1ccc2ccccc2c1. The maximum Gasteiger partial charge on any atom is 0.150 e. The van der Waals surface area contributed by atoms with Gasteiger partial charge in [-0.1, -0.05) is 48.0 Å². The lowest BCUT2D eigenvalue weighted by atomic mass is 9.98. The van der Waals surface area contributed by atoms with E-state index < -0.39 is 0 Å². The van der Waals surface area contributed by atoms with Crippen LogP contribution in [0.15, 0.2) is 60.7 Å². The van der Waals surface area contributed by atoms with E-state index in [1.54, 1.807) is 12.1 Å². The molecule has 0 N–H and O–H groups in total. The Kier molecular flexibility index (Phi) is 3.06. The van der Waals surface area contributed by atoms with Crippen molar-refractivity contribution in [3.8, 4) is 11.1 Å². The van der Waals surface area contributed by atoms with Crippen LogP contribution in [-0.2, 0) is 0 Å². The fraction of sp³-hybridized carbons (Fsp3) is 0. The molecular formula is C17H11ClO. The van der Waals surface area contributed by atoms with Gasteiger partial charge in [-0.25, -0.2) is 0 Å². The molecule has 92 valence electrons. The number of rotatable bonds is 2. The van der Waals surface area contributed by atoms with Gasteiger partial charge in [0.05, 0.1) is 0 Å². The Balaban J connectivity index is 2.24. The summed E-state index contributed by atoms with van der Waals surface area (Å²) in [6.07, 6.45) is 0.862. The van der Waals surface area contributed by atoms with Gasteiger partial charge in [0.2, 0.25) is 0 Å². The second-order valence-electron chi connectivity index (χ2n) is 4.41. The van der Waals surface area contributed by atoms with Crippen LogP contribution in [0.3, 0.4) is 0 Å². The Hall–Kier alpha value is -2.12. The summed E-state index contributed by atoms with van der Waals surface area (Å²) in [5.41, 5.74) is 2.52. The van der Waals surface area contributed by atoms with E-state index in [4.69, 9.17) is 11.6 Å². The van der Waals surface area contributed by atoms with E-state index in [-0.39, 0.29) is 0 Å². The van der Waals surface area contributed by atoms with Crippen LogP contribution in [0.2, 0.25) is 5.02 Å². The summed E-state index contributed by atoms with van der Waals surface area (Å²) in [6.45, 7) is 0. The molecule has 3 aromatic carbocycles. The van der Waals surface area contributed by atoms with Crippen LogP contribution >= 0.6 is 11.6 Å². The van der Waals surface area contributed by atoms with Crippen LogP contribution in [0.1, 0.15) is 10.4 Å². The van der Waals surface area contributed by atoms with Gasteiger partial charge in [-0.15, -0.1) is 0 Å². The Morgan fingerprint density at radius 2 is 1.63 bits per heavy atom. The molecule has 1 nitrogen and oxygen atoms in total. The summed E-state index contributed by atoms with van der Waals surface area (Å²) < 4.78 is 0. The fourth-order valence-electron chi connectivity index (χ4n) is 2.24. The minimum atomic E-state index is 0.633. The summed E-state index contributed by atoms with van der Waals surface area (Å²) in [4.78, 5) is 11.1. The molecule has 0 aliphatic carbocycles. The van der Waals surface area contributed by atoms with E-state index in [0.717, 1.165) is 22.8 Å². The van der Waals surface area contributed by atoms with Crippen molar-refractivity contribution in [1.29, 1.82) is 0 Å². The van der Waals surface area contributed by atoms with Crippen molar-refractivity contribution in [3.05, 3.63) is 71.2 Å². The fourth-order valence-corrected chi connectivity index (χ4v) is 2.41. The molecule has 0 amide bonds. The first kappa shape index (κ1) is 11.9. The third-order valence-electron chi connectivity index (χ3n) is 3.20. The minimum absolute atomic E-state index is 0.633. The molecule has 3 aromatic rings. The number of hydrogen-bond acceptors (Lipinski definition) is 1. The predicted molar refractivity (Wildman–Crippen MR) is 79.8 cm³/mol. The standard InChI is InChI=1S/C17H11ClO/c18-16-8-7-15(11-19)17(10-16)14-6-5-12-3-1-2-4-13(12)9-14/h1-11H. The van der Waals surface area contributed by atoms with Crippen molar-refractivity contribution >= 4 is 28.7 Å². The topological polar surface area (TPSA) is 17.1 Å². The summed E-state index contributed by atoms with van der Waals surface area (Å²) in [7, 11) is 0. The Labute approximate surface area is 116 Å². The molecule has 0 aliphatic rings. The van der Waals surface area contributed by atoms with E-state index in [0.29, 0.717) is 10.6 Å². The number of halogens is 1. The highest BCUT2D eigenvalue weighted by molar-refractivity contribution is 6.31. The number of carbonyl (C=O) groups excluding carboxylic acids is 1. The molecule has 0 unspecified atom stereocenters. The largest absolute Gasteiger partial charge is 0.298 e. The number of aldehydes is 1. The maximum absolute atomic E-state index is 11.1. The van der Waals surface area contributed by atoms with Crippen molar-refractivity contribution in [2.24, 2.45) is 0 Å². The first-order valence-electron chi connectivity index (χ1n) is 6.02. The molecule has 3 rings (SSSR count). The predicted octanol–water partition coefficient (Wildman–Crippen LogP) is 4.97. The van der Waals surface area contributed by atoms with Gasteiger partial charge >= 0.3 is 0 Å². The van der Waals surface area contributed by atoms with Crippen LogP contribution in [-0.4, -0.2) is 6.29 Å². The monoisotopic (exact) mass is 266 g/mol. The van der Waals surface area contributed by atoms with Crippen LogP contribution < -0.4 is 0 Å². The summed E-state index contributed by atoms with van der Waals surface area (Å²) in [5.74, 6) is 0. The normalized spacial score (nSPS) is 10.6. The van der Waals surface area contributed by atoms with Gasteiger partial charge in [0, 0.05) is 10.6 Å². The van der Waals surface area contributed by atoms with Gasteiger partial charge in [-0.05, 0) is 46.2 Å². The third-order valence-corrected chi connectivity index (χ3v) is 3.44. The van der Waals surface area contributed by atoms with Crippen LogP contribution in [0.4, 0.5) is 0 Å². The Morgan fingerprint density at radius 3 is 2.42 bits per heavy atom. The van der Waals surface area contributed by atoms with E-state index in [9.17, 15) is 4.79 Å². The van der Waals surface area contributed by atoms with E-state index in [2.05, 4.69) is 24.3 Å². The van der Waals surface area contributed by atoms with E-state index >= 15 is 0 Å². The van der Waals surface area contributed by atoms with Crippen molar-refractivity contribution < 1.29 is 4.79 Å². The molecule has 0 fully saturated rings. The number of hydrogen-bond donors (Lipinski definition) is 0. The number of benzene rings is 3. The van der Waals surface area contributed by atoms with E-state index in [1.165, 1.54) is 5.39 Å². The molecule has 0 radical (unpaired) electrons. The lowest BCUT2D eigenvalue weighted by Gasteiger charge is -2.07. The van der Waals surface area contributed by atoms with Crippen molar-refractivity contribution in [2.75, 3.05) is 0 Å². The highest BCUT2D eigenvalue weighted by atomic mass is 35.5. The van der Waals surface area contributed by atoms with Crippen molar-refractivity contribution in [1.82, 2.24) is 0 Å². The molecular weight excluding hydrogens is 256 g/mol. The van der Waals surface area contributed by atoms with Crippen molar-refractivity contribution in [2.45, 2.75) is 0 Å². The zero-order valence-corrected chi connectivity index (χ0v) is 10.9. The first-order chi connectivity index (χ1) is 9.28. The Bertz CT molecular complexity index is 762. The minimum Gasteiger partial charge on any atom is -0.298 e. The highest BCUT2D eigenvalue weighted by Gasteiger charge is 2.06. The second kappa shape index (κ2) is 4.87. The number of fused-ring (bicyclic) bond motifs is 1. The molecule has 0 aliphatic heterocycles. The molecule has 0 heterocycles. The van der Waals surface area contributed by atoms with Crippen LogP contribution in [0.25, 0.3) is 21.9 Å². The molecule has 0 saturated heterocycles. The second-order valence-corrected chi connectivity index (χ2v) is 4.85. The van der Waals surface area contributed by atoms with Gasteiger partial charge < -0.3 is 0 Å². The quantitative estimate of drug-likeness (QED) is 0.598. The van der Waals surface area contributed by atoms with Gasteiger partial charge in [0.1, 0.15) is 0 Å². The zero-order chi connectivity index (χ0) is 13.2. The van der Waals surface area contributed by atoms with Crippen molar-refractivity contribution in [3.63, 3.8) is 0 Å². The lowest BCUT2D eigenvalue weighted by molar-refractivity contribution is 0.112. The van der Waals surface area contributed by atoms with E-state index in [1.807, 2.05) is 24.3 Å². The average molecular weight is 267 g/mol. The van der Waals surface area contributed by atoms with Gasteiger partial charge in [-0.2, -0.15) is 0 Å². The molecule has 2 heteroatoms. The zero-order valence-electron chi connectivity index (χ0n) is 10.1. The first-order valence-corrected chi connectivity index (χ1v) is 6.39. The molecule has 0 bridgehead atoms. The maximum atomic E-state index is 11.1. The summed E-state index contributed by atoms with van der Waals surface area (Å²) in [6, 6.07) is 19.6. The summed E-state index contributed by atoms with van der Waals surface area (Å²) in [5, 5.41) is 2.96. The molecule has 0 atom stereocenters. The Morgan fingerprint density at radius 1 is 0.842 bits per heavy atom. The average Bonchev–Trinajstić information content (AvgIpc) is 2.46. The van der Waals surface area contributed by atoms with Crippen LogP contribution in [0.5, 0.6) is 0 Å². The molecule has 19 heavy (non-hydrogen) atoms. The third kappa shape index (κ3) is 2.25. The van der Waals surface area contributed by atoms with Gasteiger partial charge in [0.15, 0.2) is 6.29 Å². The van der Waals surface area contributed by atoms with Gasteiger partial charge in [-0.3, -0.25) is 4.79 Å². The molecule has 0 spiro atoms. The summed E-state index contributed by atoms with van der Waals surface area (Å²) >= 11 is 6.03. The molecule has 0 saturated carbocycles. The van der Waals surface area contributed by atoms with Crippen LogP contribution in [0, 0.1) is 0 Å². The molecule has 0 aromatic heterocycles. The van der Waals surface area contributed by atoms with Gasteiger partial charge in [0.25, 0.3) is 0 Å². The smallest absolute Gasteiger partial charge is 0.150 e. The number of carbonyl (C=O) groups is 1.